The predicted molar refractivity (Wildman–Crippen MR) is 65.2 cm³/mol. The van der Waals surface area contributed by atoms with Crippen molar-refractivity contribution in [2.45, 2.75) is 38.5 Å². The fourth-order valence-electron chi connectivity index (χ4n) is 2.39. The van der Waals surface area contributed by atoms with Gasteiger partial charge >= 0.3 is 0 Å². The van der Waals surface area contributed by atoms with E-state index >= 15 is 0 Å². The molecule has 1 rings (SSSR count). The van der Waals surface area contributed by atoms with Crippen LogP contribution < -0.4 is 5.73 Å². The zero-order valence-corrected chi connectivity index (χ0v) is 11.0. The molecule has 2 N–H and O–H groups in total. The van der Waals surface area contributed by atoms with Gasteiger partial charge in [0.25, 0.3) is 0 Å². The maximum absolute atomic E-state index is 5.94. The second-order valence-corrected chi connectivity index (χ2v) is 5.15. The largest absolute Gasteiger partial charge is 0.356 e. The average molecular weight is 230 g/mol. The summed E-state index contributed by atoms with van der Waals surface area (Å²) in [6.45, 7) is 7.41. The van der Waals surface area contributed by atoms with Gasteiger partial charge in [0, 0.05) is 39.3 Å². The third-order valence-corrected chi connectivity index (χ3v) is 3.76. The lowest BCUT2D eigenvalue weighted by molar-refractivity contribution is -0.127. The van der Waals surface area contributed by atoms with Crippen LogP contribution in [0.3, 0.4) is 0 Å². The van der Waals surface area contributed by atoms with E-state index in [2.05, 4.69) is 18.7 Å². The Morgan fingerprint density at radius 3 is 2.44 bits per heavy atom. The van der Waals surface area contributed by atoms with Crippen LogP contribution >= 0.6 is 0 Å². The van der Waals surface area contributed by atoms with E-state index in [1.54, 1.807) is 14.2 Å². The molecule has 0 radical (unpaired) electrons. The lowest BCUT2D eigenvalue weighted by atomic mass is 9.95. The molecule has 2 unspecified atom stereocenters. The Morgan fingerprint density at radius 2 is 2.06 bits per heavy atom. The summed E-state index contributed by atoms with van der Waals surface area (Å²) < 4.78 is 10.6. The number of nitrogens with two attached hydrogens (primary N) is 1. The maximum Gasteiger partial charge on any atom is 0.158 e. The first-order valence-electron chi connectivity index (χ1n) is 6.06. The van der Waals surface area contributed by atoms with E-state index in [1.807, 2.05) is 0 Å². The van der Waals surface area contributed by atoms with Crippen LogP contribution in [-0.4, -0.2) is 50.6 Å². The molecule has 1 heterocycles. The fraction of sp³-hybridized carbons (Fsp3) is 1.00. The molecule has 4 heteroatoms. The molecule has 1 aliphatic heterocycles. The van der Waals surface area contributed by atoms with Crippen LogP contribution in [0.5, 0.6) is 0 Å². The zero-order valence-electron chi connectivity index (χ0n) is 11.0. The Labute approximate surface area is 99.1 Å². The molecule has 0 aromatic heterocycles. The van der Waals surface area contributed by atoms with Crippen molar-refractivity contribution in [1.82, 2.24) is 4.90 Å². The lowest BCUT2D eigenvalue weighted by Crippen LogP contribution is -2.52. The summed E-state index contributed by atoms with van der Waals surface area (Å²) in [5, 5.41) is 0. The van der Waals surface area contributed by atoms with Gasteiger partial charge in [0.05, 0.1) is 0 Å². The molecule has 0 saturated carbocycles. The maximum atomic E-state index is 5.94. The third-order valence-electron chi connectivity index (χ3n) is 3.76. The molecule has 16 heavy (non-hydrogen) atoms. The highest BCUT2D eigenvalue weighted by Crippen LogP contribution is 2.28. The monoisotopic (exact) mass is 230 g/mol. The summed E-state index contributed by atoms with van der Waals surface area (Å²) in [7, 11) is 3.36. The first-order chi connectivity index (χ1) is 7.55. The summed E-state index contributed by atoms with van der Waals surface area (Å²) in [5.74, 6) is 0.773. The smallest absolute Gasteiger partial charge is 0.158 e. The molecule has 2 atom stereocenters. The third kappa shape index (κ3) is 3.17. The van der Waals surface area contributed by atoms with Gasteiger partial charge in [0.1, 0.15) is 0 Å². The Morgan fingerprint density at radius 1 is 1.44 bits per heavy atom. The summed E-state index contributed by atoms with van der Waals surface area (Å²) in [5.41, 5.74) is 5.92. The zero-order chi connectivity index (χ0) is 12.2. The summed E-state index contributed by atoms with van der Waals surface area (Å²) in [6, 6.07) is 0. The Kier molecular flexibility index (Phi) is 5.18. The second-order valence-electron chi connectivity index (χ2n) is 5.15. The molecule has 4 nitrogen and oxygen atoms in total. The molecule has 0 spiro atoms. The average Bonchev–Trinajstić information content (AvgIpc) is 2.73. The number of ether oxygens (including phenoxy) is 2. The molecule has 0 bridgehead atoms. The van der Waals surface area contributed by atoms with Gasteiger partial charge in [-0.1, -0.05) is 6.92 Å². The van der Waals surface area contributed by atoms with Crippen LogP contribution in [0.1, 0.15) is 26.7 Å². The van der Waals surface area contributed by atoms with E-state index in [0.29, 0.717) is 6.54 Å². The number of likely N-dealkylation sites (tertiary alicyclic amines) is 1. The van der Waals surface area contributed by atoms with Crippen molar-refractivity contribution in [3.63, 3.8) is 0 Å². The van der Waals surface area contributed by atoms with Gasteiger partial charge in [-0.15, -0.1) is 0 Å². The predicted octanol–water partition coefficient (Wildman–Crippen LogP) is 1.05. The standard InChI is InChI=1S/C12H26N2O2/c1-10-5-6-14(8-10)12(2,9-13)7-11(15-3)16-4/h10-11H,5-9,13H2,1-4H3. The Bertz CT molecular complexity index is 209. The molecule has 0 aromatic carbocycles. The van der Waals surface area contributed by atoms with Crippen molar-refractivity contribution in [3.05, 3.63) is 0 Å². The highest BCUT2D eigenvalue weighted by atomic mass is 16.7. The molecule has 0 amide bonds. The van der Waals surface area contributed by atoms with Gasteiger partial charge in [-0.3, -0.25) is 4.90 Å². The van der Waals surface area contributed by atoms with Crippen molar-refractivity contribution >= 4 is 0 Å². The van der Waals surface area contributed by atoms with Crippen molar-refractivity contribution in [3.8, 4) is 0 Å². The summed E-state index contributed by atoms with van der Waals surface area (Å²) >= 11 is 0. The normalized spacial score (nSPS) is 26.2. The van der Waals surface area contributed by atoms with E-state index in [4.69, 9.17) is 15.2 Å². The van der Waals surface area contributed by atoms with Crippen molar-refractivity contribution in [2.75, 3.05) is 33.9 Å². The number of methoxy groups -OCH3 is 2. The molecular weight excluding hydrogens is 204 g/mol. The highest BCUT2D eigenvalue weighted by molar-refractivity contribution is 4.92. The number of rotatable bonds is 6. The minimum atomic E-state index is -0.163. The van der Waals surface area contributed by atoms with Gasteiger partial charge in [-0.2, -0.15) is 0 Å². The minimum Gasteiger partial charge on any atom is -0.356 e. The SMILES string of the molecule is COC(CC(C)(CN)N1CCC(C)C1)OC. The summed E-state index contributed by atoms with van der Waals surface area (Å²) in [4.78, 5) is 2.47. The second kappa shape index (κ2) is 5.96. The molecule has 96 valence electrons. The molecule has 0 aromatic rings. The highest BCUT2D eigenvalue weighted by Gasteiger charge is 2.36. The van der Waals surface area contributed by atoms with Gasteiger partial charge in [0.15, 0.2) is 6.29 Å². The van der Waals surface area contributed by atoms with Crippen LogP contribution in [0, 0.1) is 5.92 Å². The molecule has 1 aliphatic rings. The van der Waals surface area contributed by atoms with E-state index in [-0.39, 0.29) is 11.8 Å². The van der Waals surface area contributed by atoms with E-state index < -0.39 is 0 Å². The van der Waals surface area contributed by atoms with Crippen LogP contribution in [0.25, 0.3) is 0 Å². The molecule has 1 saturated heterocycles. The van der Waals surface area contributed by atoms with Crippen LogP contribution in [0.2, 0.25) is 0 Å². The first-order valence-corrected chi connectivity index (χ1v) is 6.06. The summed E-state index contributed by atoms with van der Waals surface area (Å²) in [6.07, 6.45) is 1.92. The van der Waals surface area contributed by atoms with Crippen molar-refractivity contribution < 1.29 is 9.47 Å². The lowest BCUT2D eigenvalue weighted by Gasteiger charge is -2.39. The van der Waals surface area contributed by atoms with Crippen molar-refractivity contribution in [2.24, 2.45) is 11.7 Å². The van der Waals surface area contributed by atoms with Gasteiger partial charge in [0.2, 0.25) is 0 Å². The van der Waals surface area contributed by atoms with E-state index in [1.165, 1.54) is 6.42 Å². The first kappa shape index (κ1) is 13.9. The number of hydrogen-bond acceptors (Lipinski definition) is 4. The van der Waals surface area contributed by atoms with Gasteiger partial charge in [-0.25, -0.2) is 0 Å². The number of hydrogen-bond donors (Lipinski definition) is 1. The number of nitrogens with zero attached hydrogens (tertiary/aromatic N) is 1. The van der Waals surface area contributed by atoms with Crippen LogP contribution in [-0.2, 0) is 9.47 Å². The van der Waals surface area contributed by atoms with Gasteiger partial charge in [-0.05, 0) is 25.8 Å². The minimum absolute atomic E-state index is 0.0125. The fourth-order valence-corrected chi connectivity index (χ4v) is 2.39. The Balaban J connectivity index is 2.61. The van der Waals surface area contributed by atoms with Crippen molar-refractivity contribution in [1.29, 1.82) is 0 Å². The molecular formula is C12H26N2O2. The topological polar surface area (TPSA) is 47.7 Å². The molecule has 0 aliphatic carbocycles. The Hall–Kier alpha value is -0.160. The van der Waals surface area contributed by atoms with Crippen LogP contribution in [0.15, 0.2) is 0 Å². The van der Waals surface area contributed by atoms with E-state index in [0.717, 1.165) is 25.4 Å². The van der Waals surface area contributed by atoms with Crippen LogP contribution in [0.4, 0.5) is 0 Å². The molecule has 1 fully saturated rings. The van der Waals surface area contributed by atoms with E-state index in [9.17, 15) is 0 Å². The quantitative estimate of drug-likeness (QED) is 0.693. The van der Waals surface area contributed by atoms with Gasteiger partial charge < -0.3 is 15.2 Å².